The van der Waals surface area contributed by atoms with Gasteiger partial charge >= 0.3 is 6.03 Å². The minimum atomic E-state index is -0.817. The molecule has 0 radical (unpaired) electrons. The summed E-state index contributed by atoms with van der Waals surface area (Å²) in [5.74, 6) is -0.323. The molecular weight excluding hydrogens is 440 g/mol. The molecule has 2 amide bonds. The Morgan fingerprint density at radius 2 is 1.69 bits per heavy atom. The van der Waals surface area contributed by atoms with Gasteiger partial charge in [0.05, 0.1) is 38.5 Å². The van der Waals surface area contributed by atoms with E-state index in [0.717, 1.165) is 24.1 Å². The normalized spacial score (nSPS) is 13.1. The zero-order valence-electron chi connectivity index (χ0n) is 17.5. The fourth-order valence-electron chi connectivity index (χ4n) is 3.26. The molecule has 2 aromatic carbocycles. The molecule has 0 fully saturated rings. The van der Waals surface area contributed by atoms with Crippen LogP contribution in [0, 0.1) is 11.6 Å². The standard InChI is InChI=1S/C22H19F2N3O4S/c1-29-14-10-16(23)15(17(24)11-14)12-26-21-20(5-4-8-25-21)32-27(22(26)28)13-6-7-18(30-2)19(9-13)31-3/h4-11H,12H2,1-3H3. The first-order valence-electron chi connectivity index (χ1n) is 9.45. The highest BCUT2D eigenvalue weighted by atomic mass is 32.2. The van der Waals surface area contributed by atoms with E-state index < -0.39 is 17.7 Å². The van der Waals surface area contributed by atoms with E-state index in [4.69, 9.17) is 14.2 Å². The minimum absolute atomic E-state index is 0.0507. The summed E-state index contributed by atoms with van der Waals surface area (Å²) in [5.41, 5.74) is 0.239. The van der Waals surface area contributed by atoms with Crippen molar-refractivity contribution in [3.05, 3.63) is 65.9 Å². The zero-order chi connectivity index (χ0) is 22.8. The molecule has 0 saturated heterocycles. The van der Waals surface area contributed by atoms with Gasteiger partial charge in [0.1, 0.15) is 17.4 Å². The van der Waals surface area contributed by atoms with Crippen molar-refractivity contribution in [3.8, 4) is 17.2 Å². The molecule has 0 bridgehead atoms. The van der Waals surface area contributed by atoms with Gasteiger partial charge in [0.25, 0.3) is 0 Å². The number of carbonyl (C=O) groups is 1. The number of hydrogen-bond acceptors (Lipinski definition) is 6. The Hall–Kier alpha value is -3.53. The van der Waals surface area contributed by atoms with E-state index in [1.807, 2.05) is 0 Å². The second-order valence-corrected chi connectivity index (χ2v) is 7.68. The van der Waals surface area contributed by atoms with Crippen molar-refractivity contribution >= 4 is 29.5 Å². The number of anilines is 2. The number of benzene rings is 2. The van der Waals surface area contributed by atoms with Crippen molar-refractivity contribution in [1.82, 2.24) is 4.98 Å². The Morgan fingerprint density at radius 1 is 0.969 bits per heavy atom. The van der Waals surface area contributed by atoms with E-state index in [9.17, 15) is 13.6 Å². The lowest BCUT2D eigenvalue weighted by molar-refractivity contribution is 0.253. The second kappa shape index (κ2) is 8.91. The number of pyridine rings is 1. The predicted molar refractivity (Wildman–Crippen MR) is 117 cm³/mol. The average molecular weight is 459 g/mol. The van der Waals surface area contributed by atoms with Gasteiger partial charge in [-0.1, -0.05) is 0 Å². The number of halogens is 2. The molecular formula is C22H19F2N3O4S. The Kier molecular flexibility index (Phi) is 6.04. The molecule has 166 valence electrons. The van der Waals surface area contributed by atoms with Crippen LogP contribution in [0.5, 0.6) is 17.2 Å². The van der Waals surface area contributed by atoms with Crippen molar-refractivity contribution in [2.24, 2.45) is 0 Å². The molecule has 2 heterocycles. The summed E-state index contributed by atoms with van der Waals surface area (Å²) >= 11 is 1.16. The van der Waals surface area contributed by atoms with Crippen LogP contribution in [-0.4, -0.2) is 32.3 Å². The van der Waals surface area contributed by atoms with E-state index in [-0.39, 0.29) is 17.9 Å². The summed E-state index contributed by atoms with van der Waals surface area (Å²) in [6, 6.07) is 10.2. The van der Waals surface area contributed by atoms with Crippen LogP contribution >= 0.6 is 11.9 Å². The van der Waals surface area contributed by atoms with E-state index >= 15 is 0 Å². The van der Waals surface area contributed by atoms with Gasteiger partial charge in [0.2, 0.25) is 0 Å². The molecule has 1 aliphatic rings. The maximum absolute atomic E-state index is 14.6. The minimum Gasteiger partial charge on any atom is -0.497 e. The van der Waals surface area contributed by atoms with Gasteiger partial charge < -0.3 is 14.2 Å². The highest BCUT2D eigenvalue weighted by Gasteiger charge is 2.35. The summed E-state index contributed by atoms with van der Waals surface area (Å²) in [7, 11) is 4.33. The number of fused-ring (bicyclic) bond motifs is 1. The van der Waals surface area contributed by atoms with E-state index in [2.05, 4.69) is 4.98 Å². The van der Waals surface area contributed by atoms with Crippen LogP contribution in [0.1, 0.15) is 5.56 Å². The van der Waals surface area contributed by atoms with Gasteiger partial charge in [-0.05, 0) is 24.3 Å². The number of ether oxygens (including phenoxy) is 3. The first-order valence-corrected chi connectivity index (χ1v) is 10.2. The largest absolute Gasteiger partial charge is 0.497 e. The fourth-order valence-corrected chi connectivity index (χ4v) is 4.23. The Labute approximate surface area is 187 Å². The third kappa shape index (κ3) is 3.89. The van der Waals surface area contributed by atoms with Crippen molar-refractivity contribution < 1.29 is 27.8 Å². The Balaban J connectivity index is 1.76. The maximum Gasteiger partial charge on any atom is 0.341 e. The number of urea groups is 1. The van der Waals surface area contributed by atoms with Crippen LogP contribution < -0.4 is 23.4 Å². The summed E-state index contributed by atoms with van der Waals surface area (Å²) in [6.45, 7) is -0.352. The number of carbonyl (C=O) groups excluding carboxylic acids is 1. The molecule has 0 aliphatic carbocycles. The average Bonchev–Trinajstić information content (AvgIpc) is 2.81. The van der Waals surface area contributed by atoms with Crippen molar-refractivity contribution in [3.63, 3.8) is 0 Å². The zero-order valence-corrected chi connectivity index (χ0v) is 18.3. The highest BCUT2D eigenvalue weighted by Crippen LogP contribution is 2.43. The molecule has 32 heavy (non-hydrogen) atoms. The van der Waals surface area contributed by atoms with Crippen LogP contribution in [0.4, 0.5) is 25.1 Å². The van der Waals surface area contributed by atoms with Gasteiger partial charge in [-0.2, -0.15) is 0 Å². The molecule has 10 heteroatoms. The third-order valence-corrected chi connectivity index (χ3v) is 5.93. The lowest BCUT2D eigenvalue weighted by Gasteiger charge is -2.35. The summed E-state index contributed by atoms with van der Waals surface area (Å²) < 4.78 is 46.2. The quantitative estimate of drug-likeness (QED) is 0.482. The molecule has 3 aromatic rings. The topological polar surface area (TPSA) is 64.1 Å². The predicted octanol–water partition coefficient (Wildman–Crippen LogP) is 5.04. The number of nitrogens with zero attached hydrogens (tertiary/aromatic N) is 3. The van der Waals surface area contributed by atoms with Crippen LogP contribution in [0.2, 0.25) is 0 Å². The van der Waals surface area contributed by atoms with Crippen molar-refractivity contribution in [1.29, 1.82) is 0 Å². The molecule has 0 N–H and O–H groups in total. The summed E-state index contributed by atoms with van der Waals surface area (Å²) in [5, 5.41) is 0. The van der Waals surface area contributed by atoms with E-state index in [1.54, 1.807) is 30.3 Å². The number of hydrogen-bond donors (Lipinski definition) is 0. The summed E-state index contributed by atoms with van der Waals surface area (Å²) in [6.07, 6.45) is 1.52. The third-order valence-electron chi connectivity index (χ3n) is 4.87. The highest BCUT2D eigenvalue weighted by molar-refractivity contribution is 8.01. The van der Waals surface area contributed by atoms with Crippen LogP contribution in [-0.2, 0) is 6.54 Å². The second-order valence-electron chi connectivity index (χ2n) is 6.69. The van der Waals surface area contributed by atoms with E-state index in [0.29, 0.717) is 27.9 Å². The molecule has 0 atom stereocenters. The lowest BCUT2D eigenvalue weighted by atomic mass is 10.1. The SMILES string of the molecule is COc1cc(F)c(CN2C(=O)N(c3ccc(OC)c(OC)c3)Sc3cccnc32)c(F)c1. The van der Waals surface area contributed by atoms with Crippen LogP contribution in [0.3, 0.4) is 0 Å². The molecule has 7 nitrogen and oxygen atoms in total. The molecule has 0 unspecified atom stereocenters. The van der Waals surface area contributed by atoms with Gasteiger partial charge in [0, 0.05) is 41.9 Å². The smallest absolute Gasteiger partial charge is 0.341 e. The Morgan fingerprint density at radius 3 is 2.34 bits per heavy atom. The van der Waals surface area contributed by atoms with Crippen LogP contribution in [0.25, 0.3) is 0 Å². The lowest BCUT2D eigenvalue weighted by Crippen LogP contribution is -2.43. The first kappa shape index (κ1) is 21.7. The number of methoxy groups -OCH3 is 3. The fraction of sp³-hybridized carbons (Fsp3) is 0.182. The number of aromatic nitrogens is 1. The monoisotopic (exact) mass is 459 g/mol. The maximum atomic E-state index is 14.6. The van der Waals surface area contributed by atoms with Crippen molar-refractivity contribution in [2.45, 2.75) is 11.4 Å². The first-order chi connectivity index (χ1) is 15.5. The molecule has 0 saturated carbocycles. The molecule has 0 spiro atoms. The van der Waals surface area contributed by atoms with Gasteiger partial charge in [-0.3, -0.25) is 4.90 Å². The van der Waals surface area contributed by atoms with Crippen LogP contribution in [0.15, 0.2) is 53.6 Å². The van der Waals surface area contributed by atoms with Gasteiger partial charge in [0.15, 0.2) is 17.3 Å². The summed E-state index contributed by atoms with van der Waals surface area (Å²) in [4.78, 5) is 19.6. The molecule has 1 aromatic heterocycles. The molecule has 4 rings (SSSR count). The van der Waals surface area contributed by atoms with Gasteiger partial charge in [-0.25, -0.2) is 22.9 Å². The Bertz CT molecular complexity index is 1150. The molecule has 1 aliphatic heterocycles. The van der Waals surface area contributed by atoms with Crippen molar-refractivity contribution in [2.75, 3.05) is 30.5 Å². The number of amides is 2. The number of rotatable bonds is 6. The van der Waals surface area contributed by atoms with Gasteiger partial charge in [-0.15, -0.1) is 0 Å². The van der Waals surface area contributed by atoms with E-state index in [1.165, 1.54) is 36.7 Å².